The number of ether oxygens (including phenoxy) is 3. The van der Waals surface area contributed by atoms with Gasteiger partial charge in [0, 0.05) is 0 Å². The summed E-state index contributed by atoms with van der Waals surface area (Å²) in [6.07, 6.45) is 11.2. The number of hydrogen-bond donors (Lipinski definition) is 0. The van der Waals surface area contributed by atoms with Gasteiger partial charge in [-0.25, -0.2) is 0 Å². The molecule has 96 valence electrons. The second kappa shape index (κ2) is 6.34. The highest BCUT2D eigenvalue weighted by molar-refractivity contribution is 5.03. The quantitative estimate of drug-likeness (QED) is 0.481. The third-order valence-electron chi connectivity index (χ3n) is 2.89. The number of hydrogen-bond acceptors (Lipinski definition) is 3. The molecule has 2 heterocycles. The Morgan fingerprint density at radius 3 is 1.71 bits per heavy atom. The average Bonchev–Trinajstić information content (AvgIpc) is 3.18. The molecule has 0 amide bonds. The SMILES string of the molecule is CC/C=C/C(OC(/C=C/CC)C1CO1)C1CO1. The zero-order valence-corrected chi connectivity index (χ0v) is 10.7. The van der Waals surface area contributed by atoms with E-state index in [1.54, 1.807) is 0 Å². The highest BCUT2D eigenvalue weighted by Gasteiger charge is 2.38. The van der Waals surface area contributed by atoms with Gasteiger partial charge in [0.25, 0.3) is 0 Å². The Labute approximate surface area is 103 Å². The van der Waals surface area contributed by atoms with Crippen molar-refractivity contribution in [1.82, 2.24) is 0 Å². The van der Waals surface area contributed by atoms with Crippen molar-refractivity contribution in [2.24, 2.45) is 0 Å². The maximum absolute atomic E-state index is 6.08. The molecule has 4 unspecified atom stereocenters. The van der Waals surface area contributed by atoms with E-state index < -0.39 is 0 Å². The summed E-state index contributed by atoms with van der Waals surface area (Å²) in [5.41, 5.74) is 0. The topological polar surface area (TPSA) is 34.3 Å². The third kappa shape index (κ3) is 4.26. The molecule has 2 aliphatic heterocycles. The predicted octanol–water partition coefficient (Wildman–Crippen LogP) is 2.47. The van der Waals surface area contributed by atoms with Crippen LogP contribution in [0, 0.1) is 0 Å². The van der Waals surface area contributed by atoms with Gasteiger partial charge < -0.3 is 14.2 Å². The minimum absolute atomic E-state index is 0.0747. The molecule has 17 heavy (non-hydrogen) atoms. The van der Waals surface area contributed by atoms with Crippen LogP contribution in [0.5, 0.6) is 0 Å². The van der Waals surface area contributed by atoms with E-state index in [0.717, 1.165) is 26.1 Å². The van der Waals surface area contributed by atoms with Crippen molar-refractivity contribution in [3.8, 4) is 0 Å². The van der Waals surface area contributed by atoms with Crippen LogP contribution in [0.3, 0.4) is 0 Å². The standard InChI is InChI=1S/C14H22O3/c1-3-5-7-11(13-9-15-13)17-12(8-6-4-2)14-10-16-14/h5-8,11-14H,3-4,9-10H2,1-2H3/b7-5+,8-6+. The minimum Gasteiger partial charge on any atom is -0.370 e. The summed E-state index contributed by atoms with van der Waals surface area (Å²) < 4.78 is 16.7. The molecule has 2 aliphatic rings. The summed E-state index contributed by atoms with van der Waals surface area (Å²) in [5.74, 6) is 0. The lowest BCUT2D eigenvalue weighted by atomic mass is 10.2. The first kappa shape index (κ1) is 12.8. The van der Waals surface area contributed by atoms with Gasteiger partial charge in [-0.15, -0.1) is 0 Å². The van der Waals surface area contributed by atoms with E-state index >= 15 is 0 Å². The lowest BCUT2D eigenvalue weighted by Gasteiger charge is -2.18. The first-order valence-corrected chi connectivity index (χ1v) is 6.57. The highest BCUT2D eigenvalue weighted by Crippen LogP contribution is 2.25. The molecule has 2 fully saturated rings. The molecule has 0 spiro atoms. The zero-order valence-electron chi connectivity index (χ0n) is 10.7. The molecule has 0 aromatic heterocycles. The molecule has 0 radical (unpaired) electrons. The molecule has 3 heteroatoms. The van der Waals surface area contributed by atoms with Gasteiger partial charge in [-0.3, -0.25) is 0 Å². The first-order chi connectivity index (χ1) is 8.35. The van der Waals surface area contributed by atoms with E-state index in [0.29, 0.717) is 0 Å². The van der Waals surface area contributed by atoms with Crippen molar-refractivity contribution in [2.45, 2.75) is 51.1 Å². The molecule has 0 N–H and O–H groups in total. The molecule has 0 bridgehead atoms. The molecular formula is C14H22O3. The Morgan fingerprint density at radius 2 is 1.41 bits per heavy atom. The number of rotatable bonds is 8. The highest BCUT2D eigenvalue weighted by atomic mass is 16.6. The molecule has 0 aromatic rings. The van der Waals surface area contributed by atoms with Gasteiger partial charge in [0.2, 0.25) is 0 Å². The summed E-state index contributed by atoms with van der Waals surface area (Å²) in [6.45, 7) is 5.88. The smallest absolute Gasteiger partial charge is 0.111 e. The largest absolute Gasteiger partial charge is 0.370 e. The second-order valence-electron chi connectivity index (χ2n) is 4.48. The van der Waals surface area contributed by atoms with E-state index in [-0.39, 0.29) is 24.4 Å². The summed E-state index contributed by atoms with van der Waals surface area (Å²) in [6, 6.07) is 0. The molecule has 0 aliphatic carbocycles. The summed E-state index contributed by atoms with van der Waals surface area (Å²) >= 11 is 0. The minimum atomic E-state index is 0.0747. The molecular weight excluding hydrogens is 216 g/mol. The van der Waals surface area contributed by atoms with Gasteiger partial charge in [0.15, 0.2) is 0 Å². The van der Waals surface area contributed by atoms with Crippen LogP contribution in [0.2, 0.25) is 0 Å². The summed E-state index contributed by atoms with van der Waals surface area (Å²) in [7, 11) is 0. The fraction of sp³-hybridized carbons (Fsp3) is 0.714. The van der Waals surface area contributed by atoms with Crippen molar-refractivity contribution < 1.29 is 14.2 Å². The normalized spacial score (nSPS) is 30.9. The average molecular weight is 238 g/mol. The fourth-order valence-electron chi connectivity index (χ4n) is 1.73. The van der Waals surface area contributed by atoms with Gasteiger partial charge >= 0.3 is 0 Å². The van der Waals surface area contributed by atoms with Crippen LogP contribution in [0.25, 0.3) is 0 Å². The molecule has 0 saturated carbocycles. The van der Waals surface area contributed by atoms with Gasteiger partial charge in [0.05, 0.1) is 13.2 Å². The lowest BCUT2D eigenvalue weighted by molar-refractivity contribution is 0.0113. The monoisotopic (exact) mass is 238 g/mol. The van der Waals surface area contributed by atoms with E-state index in [9.17, 15) is 0 Å². The molecule has 0 aromatic carbocycles. The van der Waals surface area contributed by atoms with Crippen molar-refractivity contribution >= 4 is 0 Å². The Morgan fingerprint density at radius 1 is 1.00 bits per heavy atom. The Balaban J connectivity index is 1.89. The van der Waals surface area contributed by atoms with Gasteiger partial charge in [-0.2, -0.15) is 0 Å². The van der Waals surface area contributed by atoms with Crippen molar-refractivity contribution in [1.29, 1.82) is 0 Å². The van der Waals surface area contributed by atoms with Crippen LogP contribution >= 0.6 is 0 Å². The van der Waals surface area contributed by atoms with Crippen LogP contribution in [0.15, 0.2) is 24.3 Å². The van der Waals surface area contributed by atoms with E-state index in [1.807, 2.05) is 0 Å². The van der Waals surface area contributed by atoms with Crippen LogP contribution < -0.4 is 0 Å². The van der Waals surface area contributed by atoms with E-state index in [4.69, 9.17) is 14.2 Å². The third-order valence-corrected chi connectivity index (χ3v) is 2.89. The fourth-order valence-corrected chi connectivity index (χ4v) is 1.73. The molecule has 3 nitrogen and oxygen atoms in total. The van der Waals surface area contributed by atoms with E-state index in [2.05, 4.69) is 38.2 Å². The van der Waals surface area contributed by atoms with Gasteiger partial charge in [0.1, 0.15) is 24.4 Å². The summed E-state index contributed by atoms with van der Waals surface area (Å²) in [5, 5.41) is 0. The second-order valence-corrected chi connectivity index (χ2v) is 4.48. The van der Waals surface area contributed by atoms with E-state index in [1.165, 1.54) is 0 Å². The van der Waals surface area contributed by atoms with Gasteiger partial charge in [-0.05, 0) is 12.8 Å². The van der Waals surface area contributed by atoms with Crippen molar-refractivity contribution in [3.63, 3.8) is 0 Å². The number of epoxide rings is 2. The van der Waals surface area contributed by atoms with Crippen LogP contribution in [-0.2, 0) is 14.2 Å². The zero-order chi connectivity index (χ0) is 12.1. The number of allylic oxidation sites excluding steroid dienone is 2. The van der Waals surface area contributed by atoms with Crippen molar-refractivity contribution in [2.75, 3.05) is 13.2 Å². The Kier molecular flexibility index (Phi) is 4.77. The lowest BCUT2D eigenvalue weighted by Crippen LogP contribution is -2.27. The molecule has 2 saturated heterocycles. The maximum Gasteiger partial charge on any atom is 0.111 e. The maximum atomic E-state index is 6.08. The Hall–Kier alpha value is -0.640. The van der Waals surface area contributed by atoms with Gasteiger partial charge in [-0.1, -0.05) is 38.2 Å². The van der Waals surface area contributed by atoms with Crippen LogP contribution in [-0.4, -0.2) is 37.6 Å². The molecule has 4 atom stereocenters. The summed E-state index contributed by atoms with van der Waals surface area (Å²) in [4.78, 5) is 0. The van der Waals surface area contributed by atoms with Crippen LogP contribution in [0.1, 0.15) is 26.7 Å². The first-order valence-electron chi connectivity index (χ1n) is 6.57. The van der Waals surface area contributed by atoms with Crippen LogP contribution in [0.4, 0.5) is 0 Å². The Bertz CT molecular complexity index is 249. The van der Waals surface area contributed by atoms with Crippen molar-refractivity contribution in [3.05, 3.63) is 24.3 Å². The molecule has 2 rings (SSSR count). The predicted molar refractivity (Wildman–Crippen MR) is 67.0 cm³/mol.